The zero-order chi connectivity index (χ0) is 12.0. The molecule has 1 rings (SSSR count). The van der Waals surface area contributed by atoms with Crippen molar-refractivity contribution in [2.24, 2.45) is 0 Å². The van der Waals surface area contributed by atoms with E-state index < -0.39 is 0 Å². The fourth-order valence-electron chi connectivity index (χ4n) is 1.34. The van der Waals surface area contributed by atoms with Crippen LogP contribution < -0.4 is 5.32 Å². The average Bonchev–Trinajstić information content (AvgIpc) is 2.20. The number of halogens is 3. The summed E-state index contributed by atoms with van der Waals surface area (Å²) >= 11 is 9.16. The summed E-state index contributed by atoms with van der Waals surface area (Å²) in [6.07, 6.45) is 2.71. The molecule has 1 aromatic rings. The van der Waals surface area contributed by atoms with Crippen molar-refractivity contribution in [2.45, 2.75) is 19.3 Å². The van der Waals surface area contributed by atoms with Crippen molar-refractivity contribution in [3.8, 4) is 0 Å². The molecule has 0 radical (unpaired) electrons. The Balaban J connectivity index is 2.47. The monoisotopic (exact) mass is 309 g/mol. The molecule has 2 nitrogen and oxygen atoms in total. The van der Waals surface area contributed by atoms with Crippen molar-refractivity contribution >= 4 is 33.2 Å². The zero-order valence-corrected chi connectivity index (χ0v) is 11.1. The molecule has 0 bridgehead atoms. The standard InChI is InChI=1S/C11H14BrClFNO/c12-9-6-8(14)7-10(13)11(9)15-4-2-1-3-5-16/h6-7,15-16H,1-5H2. The number of rotatable bonds is 6. The molecule has 0 atom stereocenters. The highest BCUT2D eigenvalue weighted by Gasteiger charge is 2.06. The number of aliphatic hydroxyl groups is 1. The highest BCUT2D eigenvalue weighted by molar-refractivity contribution is 9.10. The number of aliphatic hydroxyl groups excluding tert-OH is 1. The SMILES string of the molecule is OCCCCCNc1c(Cl)cc(F)cc1Br. The fourth-order valence-corrected chi connectivity index (χ4v) is 2.30. The van der Waals surface area contributed by atoms with Gasteiger partial charge in [0, 0.05) is 17.6 Å². The largest absolute Gasteiger partial charge is 0.396 e. The maximum absolute atomic E-state index is 12.9. The number of nitrogens with one attached hydrogen (secondary N) is 1. The molecular weight excluding hydrogens is 296 g/mol. The van der Waals surface area contributed by atoms with E-state index in [0.29, 0.717) is 15.2 Å². The third kappa shape index (κ3) is 4.28. The Kier molecular flexibility index (Phi) is 6.09. The van der Waals surface area contributed by atoms with Gasteiger partial charge in [-0.1, -0.05) is 11.6 Å². The third-order valence-electron chi connectivity index (χ3n) is 2.14. The lowest BCUT2D eigenvalue weighted by atomic mass is 10.2. The van der Waals surface area contributed by atoms with E-state index in [4.69, 9.17) is 16.7 Å². The van der Waals surface area contributed by atoms with Gasteiger partial charge in [-0.05, 0) is 47.3 Å². The van der Waals surface area contributed by atoms with E-state index in [-0.39, 0.29) is 12.4 Å². The van der Waals surface area contributed by atoms with Gasteiger partial charge >= 0.3 is 0 Å². The Morgan fingerprint density at radius 2 is 2.06 bits per heavy atom. The second kappa shape index (κ2) is 7.09. The molecule has 1 aromatic carbocycles. The van der Waals surface area contributed by atoms with Crippen LogP contribution in [0.15, 0.2) is 16.6 Å². The molecule has 0 unspecified atom stereocenters. The van der Waals surface area contributed by atoms with Crippen LogP contribution >= 0.6 is 27.5 Å². The lowest BCUT2D eigenvalue weighted by Gasteiger charge is -2.10. The summed E-state index contributed by atoms with van der Waals surface area (Å²) in [6, 6.07) is 2.66. The summed E-state index contributed by atoms with van der Waals surface area (Å²) in [5, 5.41) is 12.1. The minimum atomic E-state index is -0.359. The summed E-state index contributed by atoms with van der Waals surface area (Å²) in [6.45, 7) is 0.977. The number of hydrogen-bond acceptors (Lipinski definition) is 2. The van der Waals surface area contributed by atoms with Gasteiger partial charge < -0.3 is 10.4 Å². The highest BCUT2D eigenvalue weighted by Crippen LogP contribution is 2.31. The van der Waals surface area contributed by atoms with E-state index in [2.05, 4.69) is 21.2 Å². The van der Waals surface area contributed by atoms with Gasteiger partial charge in [0.25, 0.3) is 0 Å². The second-order valence-corrected chi connectivity index (χ2v) is 4.72. The van der Waals surface area contributed by atoms with Gasteiger partial charge in [-0.15, -0.1) is 0 Å². The molecule has 5 heteroatoms. The molecule has 0 aliphatic carbocycles. The molecule has 0 heterocycles. The van der Waals surface area contributed by atoms with Gasteiger partial charge in [-0.25, -0.2) is 4.39 Å². The van der Waals surface area contributed by atoms with Gasteiger partial charge in [0.2, 0.25) is 0 Å². The molecule has 0 aliphatic heterocycles. The first-order valence-electron chi connectivity index (χ1n) is 5.14. The van der Waals surface area contributed by atoms with E-state index in [1.165, 1.54) is 12.1 Å². The Morgan fingerprint density at radius 1 is 1.31 bits per heavy atom. The third-order valence-corrected chi connectivity index (χ3v) is 3.07. The zero-order valence-electron chi connectivity index (χ0n) is 8.77. The first-order chi connectivity index (χ1) is 7.65. The quantitative estimate of drug-likeness (QED) is 0.783. The number of benzene rings is 1. The first kappa shape index (κ1) is 13.7. The number of anilines is 1. The molecule has 0 saturated heterocycles. The smallest absolute Gasteiger partial charge is 0.125 e. The van der Waals surface area contributed by atoms with Crippen molar-refractivity contribution in [1.82, 2.24) is 0 Å². The van der Waals surface area contributed by atoms with Crippen LogP contribution in [0.2, 0.25) is 5.02 Å². The van der Waals surface area contributed by atoms with Crippen LogP contribution in [-0.4, -0.2) is 18.3 Å². The normalized spacial score (nSPS) is 10.5. The Bertz CT molecular complexity index is 326. The first-order valence-corrected chi connectivity index (χ1v) is 6.31. The van der Waals surface area contributed by atoms with Crippen molar-refractivity contribution in [2.75, 3.05) is 18.5 Å². The van der Waals surface area contributed by atoms with Crippen LogP contribution in [-0.2, 0) is 0 Å². The van der Waals surface area contributed by atoms with Crippen LogP contribution in [0.1, 0.15) is 19.3 Å². The van der Waals surface area contributed by atoms with E-state index in [0.717, 1.165) is 25.8 Å². The Labute approximate surface area is 108 Å². The molecular formula is C11H14BrClFNO. The molecule has 16 heavy (non-hydrogen) atoms. The summed E-state index contributed by atoms with van der Waals surface area (Å²) in [7, 11) is 0. The summed E-state index contributed by atoms with van der Waals surface area (Å²) < 4.78 is 13.6. The molecule has 0 aromatic heterocycles. The maximum Gasteiger partial charge on any atom is 0.125 e. The molecule has 0 fully saturated rings. The number of hydrogen-bond donors (Lipinski definition) is 2. The summed E-state index contributed by atoms with van der Waals surface area (Å²) in [5.41, 5.74) is 0.715. The average molecular weight is 311 g/mol. The van der Waals surface area contributed by atoms with Crippen LogP contribution in [0, 0.1) is 5.82 Å². The highest BCUT2D eigenvalue weighted by atomic mass is 79.9. The molecule has 0 spiro atoms. The van der Waals surface area contributed by atoms with Gasteiger partial charge in [-0.2, -0.15) is 0 Å². The lowest BCUT2D eigenvalue weighted by Crippen LogP contribution is -2.03. The van der Waals surface area contributed by atoms with Crippen LogP contribution in [0.3, 0.4) is 0 Å². The molecule has 0 aliphatic rings. The van der Waals surface area contributed by atoms with Crippen molar-refractivity contribution in [3.05, 3.63) is 27.4 Å². The summed E-state index contributed by atoms with van der Waals surface area (Å²) in [4.78, 5) is 0. The lowest BCUT2D eigenvalue weighted by molar-refractivity contribution is 0.283. The van der Waals surface area contributed by atoms with Gasteiger partial charge in [0.1, 0.15) is 5.82 Å². The van der Waals surface area contributed by atoms with Gasteiger partial charge in [0.05, 0.1) is 10.7 Å². The maximum atomic E-state index is 12.9. The van der Waals surface area contributed by atoms with Crippen molar-refractivity contribution in [1.29, 1.82) is 0 Å². The predicted molar refractivity (Wildman–Crippen MR) is 68.5 cm³/mol. The topological polar surface area (TPSA) is 32.3 Å². The molecule has 90 valence electrons. The second-order valence-electron chi connectivity index (χ2n) is 3.46. The van der Waals surface area contributed by atoms with Crippen molar-refractivity contribution in [3.63, 3.8) is 0 Å². The Hall–Kier alpha value is -0.320. The summed E-state index contributed by atoms with van der Waals surface area (Å²) in [5.74, 6) is -0.359. The fraction of sp³-hybridized carbons (Fsp3) is 0.455. The molecule has 0 saturated carbocycles. The minimum absolute atomic E-state index is 0.223. The Morgan fingerprint density at radius 3 is 2.69 bits per heavy atom. The molecule has 2 N–H and O–H groups in total. The van der Waals surface area contributed by atoms with Gasteiger partial charge in [0.15, 0.2) is 0 Å². The molecule has 0 amide bonds. The van der Waals surface area contributed by atoms with Crippen LogP contribution in [0.5, 0.6) is 0 Å². The minimum Gasteiger partial charge on any atom is -0.396 e. The predicted octanol–water partition coefficient (Wildman–Crippen LogP) is 3.82. The van der Waals surface area contributed by atoms with Crippen molar-refractivity contribution < 1.29 is 9.50 Å². The van der Waals surface area contributed by atoms with Crippen LogP contribution in [0.4, 0.5) is 10.1 Å². The van der Waals surface area contributed by atoms with E-state index in [1.807, 2.05) is 0 Å². The van der Waals surface area contributed by atoms with E-state index in [9.17, 15) is 4.39 Å². The van der Waals surface area contributed by atoms with Crippen LogP contribution in [0.25, 0.3) is 0 Å². The van der Waals surface area contributed by atoms with E-state index in [1.54, 1.807) is 0 Å². The van der Waals surface area contributed by atoms with E-state index >= 15 is 0 Å². The van der Waals surface area contributed by atoms with Gasteiger partial charge in [-0.3, -0.25) is 0 Å². The number of unbranched alkanes of at least 4 members (excludes halogenated alkanes) is 2.